The normalized spacial score (nSPS) is 10.1. The van der Waals surface area contributed by atoms with Crippen molar-refractivity contribution in [1.82, 2.24) is 9.97 Å². The molecular weight excluding hydrogens is 224 g/mol. The van der Waals surface area contributed by atoms with Gasteiger partial charge in [0, 0.05) is 18.0 Å². The largest absolute Gasteiger partial charge is 0.288 e. The Morgan fingerprint density at radius 3 is 2.56 bits per heavy atom. The van der Waals surface area contributed by atoms with Crippen molar-refractivity contribution in [2.24, 2.45) is 0 Å². The van der Waals surface area contributed by atoms with Gasteiger partial charge in [0.1, 0.15) is 6.33 Å². The van der Waals surface area contributed by atoms with Crippen LogP contribution in [0.5, 0.6) is 0 Å². The van der Waals surface area contributed by atoms with Gasteiger partial charge in [-0.15, -0.1) is 0 Å². The van der Waals surface area contributed by atoms with E-state index in [9.17, 15) is 4.79 Å². The van der Waals surface area contributed by atoms with Gasteiger partial charge in [-0.25, -0.2) is 9.97 Å². The number of carbonyl (C=O) groups is 1. The van der Waals surface area contributed by atoms with Crippen LogP contribution < -0.4 is 0 Å². The molecule has 0 N–H and O–H groups in total. The van der Waals surface area contributed by atoms with Crippen molar-refractivity contribution >= 4 is 17.4 Å². The summed E-state index contributed by atoms with van der Waals surface area (Å²) in [5.74, 6) is -0.161. The lowest BCUT2D eigenvalue weighted by Crippen LogP contribution is -2.03. The maximum Gasteiger partial charge on any atom is 0.197 e. The van der Waals surface area contributed by atoms with Crippen molar-refractivity contribution in [3.8, 4) is 0 Å². The molecule has 1 aromatic carbocycles. The van der Waals surface area contributed by atoms with Crippen molar-refractivity contribution in [3.63, 3.8) is 0 Å². The van der Waals surface area contributed by atoms with Crippen molar-refractivity contribution in [2.75, 3.05) is 0 Å². The highest BCUT2D eigenvalue weighted by Crippen LogP contribution is 2.20. The van der Waals surface area contributed by atoms with Gasteiger partial charge >= 0.3 is 0 Å². The Morgan fingerprint density at radius 2 is 1.94 bits per heavy atom. The topological polar surface area (TPSA) is 42.9 Å². The van der Waals surface area contributed by atoms with Crippen LogP contribution in [0, 0.1) is 6.92 Å². The number of rotatable bonds is 2. The highest BCUT2D eigenvalue weighted by atomic mass is 35.5. The first-order valence-corrected chi connectivity index (χ1v) is 5.12. The van der Waals surface area contributed by atoms with Gasteiger partial charge in [-0.2, -0.15) is 0 Å². The number of aryl methyl sites for hydroxylation is 1. The number of halogens is 1. The number of hydrogen-bond donors (Lipinski definition) is 0. The quantitative estimate of drug-likeness (QED) is 0.748. The van der Waals surface area contributed by atoms with E-state index in [0.29, 0.717) is 16.1 Å². The van der Waals surface area contributed by atoms with Gasteiger partial charge in [0.05, 0.1) is 10.6 Å². The third-order valence-corrected chi connectivity index (χ3v) is 2.50. The van der Waals surface area contributed by atoms with Crippen LogP contribution in [0.25, 0.3) is 0 Å². The molecule has 2 aromatic rings. The van der Waals surface area contributed by atoms with Crippen LogP contribution in [0.4, 0.5) is 0 Å². The maximum absolute atomic E-state index is 12.0. The molecule has 16 heavy (non-hydrogen) atoms. The Labute approximate surface area is 98.1 Å². The molecule has 0 unspecified atom stereocenters. The molecule has 0 aliphatic carbocycles. The molecule has 4 heteroatoms. The van der Waals surface area contributed by atoms with Crippen LogP contribution >= 0.6 is 11.6 Å². The Kier molecular flexibility index (Phi) is 2.97. The molecule has 0 saturated heterocycles. The predicted molar refractivity (Wildman–Crippen MR) is 61.7 cm³/mol. The van der Waals surface area contributed by atoms with Crippen LogP contribution in [0.2, 0.25) is 5.02 Å². The molecule has 1 heterocycles. The molecule has 0 aliphatic heterocycles. The third kappa shape index (κ3) is 2.09. The van der Waals surface area contributed by atoms with E-state index in [1.807, 2.05) is 13.0 Å². The Bertz CT molecular complexity index is 526. The summed E-state index contributed by atoms with van der Waals surface area (Å²) in [5, 5.41) is 0.453. The summed E-state index contributed by atoms with van der Waals surface area (Å²) in [4.78, 5) is 19.6. The van der Waals surface area contributed by atoms with E-state index < -0.39 is 0 Å². The molecule has 0 amide bonds. The lowest BCUT2D eigenvalue weighted by atomic mass is 10.0. The Hall–Kier alpha value is -1.74. The zero-order valence-corrected chi connectivity index (χ0v) is 9.40. The van der Waals surface area contributed by atoms with Crippen LogP contribution in [0.3, 0.4) is 0 Å². The van der Waals surface area contributed by atoms with Gasteiger partial charge in [-0.05, 0) is 24.6 Å². The molecule has 0 fully saturated rings. The predicted octanol–water partition coefficient (Wildman–Crippen LogP) is 2.67. The molecule has 0 spiro atoms. The molecule has 80 valence electrons. The monoisotopic (exact) mass is 232 g/mol. The standard InChI is InChI=1S/C12H9ClN2O/c1-8-2-3-10(11(13)4-8)12(16)9-5-14-7-15-6-9/h2-7H,1H3. The lowest BCUT2D eigenvalue weighted by molar-refractivity contribution is 0.103. The average molecular weight is 233 g/mol. The van der Waals surface area contributed by atoms with Crippen molar-refractivity contribution in [1.29, 1.82) is 0 Å². The van der Waals surface area contributed by atoms with Crippen molar-refractivity contribution < 1.29 is 4.79 Å². The fourth-order valence-corrected chi connectivity index (χ4v) is 1.70. The molecule has 0 bridgehead atoms. The second-order valence-corrected chi connectivity index (χ2v) is 3.85. The average Bonchev–Trinajstić information content (AvgIpc) is 2.29. The van der Waals surface area contributed by atoms with Crippen LogP contribution in [-0.2, 0) is 0 Å². The zero-order valence-electron chi connectivity index (χ0n) is 8.64. The minimum Gasteiger partial charge on any atom is -0.288 e. The zero-order chi connectivity index (χ0) is 11.5. The van der Waals surface area contributed by atoms with E-state index in [4.69, 9.17) is 11.6 Å². The number of hydrogen-bond acceptors (Lipinski definition) is 3. The van der Waals surface area contributed by atoms with Gasteiger partial charge in [-0.3, -0.25) is 4.79 Å². The lowest BCUT2D eigenvalue weighted by Gasteiger charge is -2.03. The summed E-state index contributed by atoms with van der Waals surface area (Å²) in [6, 6.07) is 5.33. The van der Waals surface area contributed by atoms with Gasteiger partial charge in [0.2, 0.25) is 0 Å². The molecule has 0 aliphatic rings. The molecule has 1 aromatic heterocycles. The third-order valence-electron chi connectivity index (χ3n) is 2.19. The van der Waals surface area contributed by atoms with Gasteiger partial charge in [0.15, 0.2) is 5.78 Å². The first-order chi connectivity index (χ1) is 7.68. The van der Waals surface area contributed by atoms with Crippen LogP contribution in [0.1, 0.15) is 21.5 Å². The van der Waals surface area contributed by atoms with E-state index >= 15 is 0 Å². The first-order valence-electron chi connectivity index (χ1n) is 4.74. The SMILES string of the molecule is Cc1ccc(C(=O)c2cncnc2)c(Cl)c1. The number of nitrogens with zero attached hydrogens (tertiary/aromatic N) is 2. The maximum atomic E-state index is 12.0. The summed E-state index contributed by atoms with van der Waals surface area (Å²) in [5.41, 5.74) is 1.93. The summed E-state index contributed by atoms with van der Waals surface area (Å²) < 4.78 is 0. The second kappa shape index (κ2) is 4.41. The molecule has 0 atom stereocenters. The van der Waals surface area contributed by atoms with Gasteiger partial charge < -0.3 is 0 Å². The van der Waals surface area contributed by atoms with E-state index in [-0.39, 0.29) is 5.78 Å². The fourth-order valence-electron chi connectivity index (χ4n) is 1.38. The van der Waals surface area contributed by atoms with E-state index in [1.54, 1.807) is 12.1 Å². The molecule has 3 nitrogen and oxygen atoms in total. The fraction of sp³-hybridized carbons (Fsp3) is 0.0833. The minimum atomic E-state index is -0.161. The van der Waals surface area contributed by atoms with E-state index in [1.165, 1.54) is 18.7 Å². The van der Waals surface area contributed by atoms with Crippen LogP contribution in [0.15, 0.2) is 36.9 Å². The van der Waals surface area contributed by atoms with Crippen molar-refractivity contribution in [3.05, 3.63) is 58.6 Å². The first kappa shape index (κ1) is 10.8. The highest BCUT2D eigenvalue weighted by Gasteiger charge is 2.12. The summed E-state index contributed by atoms with van der Waals surface area (Å²) in [6.07, 6.45) is 4.34. The minimum absolute atomic E-state index is 0.161. The summed E-state index contributed by atoms with van der Waals surface area (Å²) in [7, 11) is 0. The van der Waals surface area contributed by atoms with Gasteiger partial charge in [0.25, 0.3) is 0 Å². The van der Waals surface area contributed by atoms with Gasteiger partial charge in [-0.1, -0.05) is 17.7 Å². The number of carbonyl (C=O) groups excluding carboxylic acids is 1. The van der Waals surface area contributed by atoms with Crippen molar-refractivity contribution in [2.45, 2.75) is 6.92 Å². The van der Waals surface area contributed by atoms with Crippen LogP contribution in [-0.4, -0.2) is 15.8 Å². The molecule has 0 saturated carbocycles. The number of ketones is 1. The highest BCUT2D eigenvalue weighted by molar-refractivity contribution is 6.35. The van der Waals surface area contributed by atoms with E-state index in [0.717, 1.165) is 5.56 Å². The van der Waals surface area contributed by atoms with E-state index in [2.05, 4.69) is 9.97 Å². The molecule has 2 rings (SSSR count). The Balaban J connectivity index is 2.42. The molecular formula is C12H9ClN2O. The second-order valence-electron chi connectivity index (χ2n) is 3.44. The number of benzene rings is 1. The number of aromatic nitrogens is 2. The summed E-state index contributed by atoms with van der Waals surface area (Å²) in [6.45, 7) is 1.92. The molecule has 0 radical (unpaired) electrons. The smallest absolute Gasteiger partial charge is 0.197 e. The Morgan fingerprint density at radius 1 is 1.25 bits per heavy atom. The summed E-state index contributed by atoms with van der Waals surface area (Å²) >= 11 is 6.01.